The SMILES string of the molecule is CCOc1ccc(NC(=O)c2ccccc2N2C(=O)[C@@H]3Cc4c([nH]c5ccccc45)C(c4ccc(C)cc4)N3C2=O)cc1. The summed E-state index contributed by atoms with van der Waals surface area (Å²) >= 11 is 0. The lowest BCUT2D eigenvalue weighted by atomic mass is 9.88. The zero-order chi connectivity index (χ0) is 29.7. The molecule has 0 radical (unpaired) electrons. The highest BCUT2D eigenvalue weighted by Gasteiger charge is 2.53. The highest BCUT2D eigenvalue weighted by atomic mass is 16.5. The lowest BCUT2D eigenvalue weighted by molar-refractivity contribution is -0.120. The summed E-state index contributed by atoms with van der Waals surface area (Å²) in [7, 11) is 0. The van der Waals surface area contributed by atoms with Crippen LogP contribution in [0.25, 0.3) is 10.9 Å². The molecule has 3 heterocycles. The van der Waals surface area contributed by atoms with Gasteiger partial charge in [-0.05, 0) is 67.4 Å². The van der Waals surface area contributed by atoms with E-state index in [4.69, 9.17) is 4.74 Å². The molecule has 0 spiro atoms. The van der Waals surface area contributed by atoms with Crippen LogP contribution >= 0.6 is 0 Å². The first-order valence-corrected chi connectivity index (χ1v) is 14.4. The number of aromatic amines is 1. The van der Waals surface area contributed by atoms with Crippen molar-refractivity contribution < 1.29 is 19.1 Å². The summed E-state index contributed by atoms with van der Waals surface area (Å²) in [6, 6.07) is 28.2. The van der Waals surface area contributed by atoms with Gasteiger partial charge in [0.15, 0.2) is 0 Å². The van der Waals surface area contributed by atoms with Gasteiger partial charge in [-0.1, -0.05) is 60.2 Å². The van der Waals surface area contributed by atoms with Gasteiger partial charge in [-0.2, -0.15) is 0 Å². The minimum Gasteiger partial charge on any atom is -0.494 e. The maximum absolute atomic E-state index is 14.3. The standard InChI is InChI=1S/C35H30N4O4/c1-3-43-24-18-16-23(17-19-24)36-33(40)26-9-5-7-11-29(26)39-34(41)30-20-27-25-8-4-6-10-28(25)37-31(27)32(38(30)35(39)42)22-14-12-21(2)13-15-22/h4-19,30,32,37H,3,20H2,1-2H3,(H,36,40)/t30-,32?/m0/s1. The summed E-state index contributed by atoms with van der Waals surface area (Å²) in [5.74, 6) is -0.0672. The number of ether oxygens (including phenoxy) is 1. The number of rotatable bonds is 6. The van der Waals surface area contributed by atoms with Gasteiger partial charge < -0.3 is 15.0 Å². The number of urea groups is 1. The maximum atomic E-state index is 14.3. The van der Waals surface area contributed by atoms with E-state index in [0.717, 1.165) is 33.3 Å². The van der Waals surface area contributed by atoms with Crippen molar-refractivity contribution in [3.8, 4) is 5.75 Å². The van der Waals surface area contributed by atoms with E-state index < -0.39 is 24.0 Å². The van der Waals surface area contributed by atoms with E-state index >= 15 is 0 Å². The molecule has 1 saturated heterocycles. The van der Waals surface area contributed by atoms with Crippen LogP contribution in [0.1, 0.15) is 45.7 Å². The molecule has 1 aromatic heterocycles. The van der Waals surface area contributed by atoms with Gasteiger partial charge in [0.05, 0.1) is 17.9 Å². The molecule has 1 unspecified atom stereocenters. The summed E-state index contributed by atoms with van der Waals surface area (Å²) in [6.45, 7) is 4.46. The molecule has 2 aliphatic heterocycles. The minimum atomic E-state index is -0.715. The van der Waals surface area contributed by atoms with E-state index in [1.807, 2.05) is 62.4 Å². The highest BCUT2D eigenvalue weighted by molar-refractivity contribution is 6.24. The first-order chi connectivity index (χ1) is 20.9. The number of nitrogens with zero attached hydrogens (tertiary/aromatic N) is 2. The van der Waals surface area contributed by atoms with E-state index in [0.29, 0.717) is 24.5 Å². The van der Waals surface area contributed by atoms with E-state index in [2.05, 4.69) is 10.3 Å². The zero-order valence-electron chi connectivity index (χ0n) is 23.8. The molecule has 8 heteroatoms. The zero-order valence-corrected chi connectivity index (χ0v) is 23.8. The van der Waals surface area contributed by atoms with Gasteiger partial charge in [-0.3, -0.25) is 14.5 Å². The Morgan fingerprint density at radius 2 is 1.65 bits per heavy atom. The molecule has 4 aromatic carbocycles. The summed E-state index contributed by atoms with van der Waals surface area (Å²) in [5.41, 5.74) is 5.99. The quantitative estimate of drug-likeness (QED) is 0.225. The van der Waals surface area contributed by atoms with Crippen molar-refractivity contribution in [2.24, 2.45) is 0 Å². The van der Waals surface area contributed by atoms with Crippen molar-refractivity contribution in [3.63, 3.8) is 0 Å². The number of H-pyrrole nitrogens is 1. The fraction of sp³-hybridized carbons (Fsp3) is 0.171. The highest BCUT2D eigenvalue weighted by Crippen LogP contribution is 2.45. The largest absolute Gasteiger partial charge is 0.494 e. The molecule has 2 aliphatic rings. The number of benzene rings is 4. The third kappa shape index (κ3) is 4.43. The molecule has 0 aliphatic carbocycles. The Labute approximate surface area is 248 Å². The number of fused-ring (bicyclic) bond motifs is 4. The van der Waals surface area contributed by atoms with Crippen molar-refractivity contribution in [2.75, 3.05) is 16.8 Å². The summed E-state index contributed by atoms with van der Waals surface area (Å²) in [6.07, 6.45) is 0.378. The first kappa shape index (κ1) is 26.5. The summed E-state index contributed by atoms with van der Waals surface area (Å²) < 4.78 is 5.49. The fourth-order valence-electron chi connectivity index (χ4n) is 6.25. The molecular formula is C35H30N4O4. The number of amides is 4. The van der Waals surface area contributed by atoms with Gasteiger partial charge in [0.1, 0.15) is 17.8 Å². The number of hydrogen-bond donors (Lipinski definition) is 2. The number of carbonyl (C=O) groups is 3. The third-order valence-corrected chi connectivity index (χ3v) is 8.25. The molecule has 214 valence electrons. The lowest BCUT2D eigenvalue weighted by Gasteiger charge is -2.36. The second kappa shape index (κ2) is 10.5. The Bertz CT molecular complexity index is 1880. The Morgan fingerprint density at radius 1 is 0.930 bits per heavy atom. The Hall–Kier alpha value is -5.37. The van der Waals surface area contributed by atoms with Gasteiger partial charge in [-0.15, -0.1) is 0 Å². The van der Waals surface area contributed by atoms with Crippen molar-refractivity contribution in [1.29, 1.82) is 0 Å². The van der Waals surface area contributed by atoms with Crippen molar-refractivity contribution in [1.82, 2.24) is 9.88 Å². The average Bonchev–Trinajstić information content (AvgIpc) is 3.51. The van der Waals surface area contributed by atoms with E-state index in [-0.39, 0.29) is 17.2 Å². The molecule has 0 bridgehead atoms. The minimum absolute atomic E-state index is 0.230. The molecule has 1 fully saturated rings. The molecule has 8 nitrogen and oxygen atoms in total. The first-order valence-electron chi connectivity index (χ1n) is 14.4. The van der Waals surface area contributed by atoms with Crippen LogP contribution in [-0.4, -0.2) is 40.4 Å². The predicted molar refractivity (Wildman–Crippen MR) is 166 cm³/mol. The third-order valence-electron chi connectivity index (χ3n) is 8.25. The molecule has 4 amide bonds. The van der Waals surface area contributed by atoms with Gasteiger partial charge in [0.25, 0.3) is 11.8 Å². The summed E-state index contributed by atoms with van der Waals surface area (Å²) in [5, 5.41) is 3.94. The Balaban J connectivity index is 1.27. The number of nitrogens with one attached hydrogen (secondary N) is 2. The van der Waals surface area contributed by atoms with Crippen LogP contribution in [0, 0.1) is 6.92 Å². The Kier molecular flexibility index (Phi) is 6.46. The topological polar surface area (TPSA) is 94.7 Å². The van der Waals surface area contributed by atoms with Gasteiger partial charge in [-0.25, -0.2) is 9.69 Å². The molecule has 2 N–H and O–H groups in total. The number of aromatic nitrogens is 1. The van der Waals surface area contributed by atoms with Crippen LogP contribution in [0.4, 0.5) is 16.2 Å². The van der Waals surface area contributed by atoms with Crippen LogP contribution in [0.2, 0.25) is 0 Å². The number of imide groups is 1. The van der Waals surface area contributed by atoms with Gasteiger partial charge in [0, 0.05) is 28.7 Å². The van der Waals surface area contributed by atoms with Gasteiger partial charge >= 0.3 is 6.03 Å². The van der Waals surface area contributed by atoms with Crippen LogP contribution < -0.4 is 15.0 Å². The smallest absolute Gasteiger partial charge is 0.332 e. The Morgan fingerprint density at radius 3 is 2.42 bits per heavy atom. The van der Waals surface area contributed by atoms with Crippen molar-refractivity contribution in [2.45, 2.75) is 32.4 Å². The van der Waals surface area contributed by atoms with Crippen LogP contribution in [-0.2, 0) is 11.2 Å². The molecular weight excluding hydrogens is 540 g/mol. The van der Waals surface area contributed by atoms with Crippen LogP contribution in [0.5, 0.6) is 5.75 Å². The molecule has 5 aromatic rings. The van der Waals surface area contributed by atoms with E-state index in [9.17, 15) is 14.4 Å². The number of carbonyl (C=O) groups excluding carboxylic acids is 3. The van der Waals surface area contributed by atoms with Crippen LogP contribution in [0.15, 0.2) is 97.1 Å². The second-order valence-corrected chi connectivity index (χ2v) is 10.9. The van der Waals surface area contributed by atoms with Crippen molar-refractivity contribution >= 4 is 40.1 Å². The average molecular weight is 571 g/mol. The number of aryl methyl sites for hydroxylation is 1. The molecule has 2 atom stereocenters. The number of hydrogen-bond acceptors (Lipinski definition) is 4. The van der Waals surface area contributed by atoms with Crippen molar-refractivity contribution in [3.05, 3.63) is 125 Å². The number of para-hydroxylation sites is 2. The van der Waals surface area contributed by atoms with E-state index in [1.54, 1.807) is 53.4 Å². The number of anilines is 2. The van der Waals surface area contributed by atoms with E-state index in [1.165, 1.54) is 4.90 Å². The molecule has 0 saturated carbocycles. The molecule has 7 rings (SSSR count). The fourth-order valence-corrected chi connectivity index (χ4v) is 6.25. The maximum Gasteiger partial charge on any atom is 0.332 e. The van der Waals surface area contributed by atoms with Crippen LogP contribution in [0.3, 0.4) is 0 Å². The van der Waals surface area contributed by atoms with Gasteiger partial charge in [0.2, 0.25) is 0 Å². The lowest BCUT2D eigenvalue weighted by Crippen LogP contribution is -2.44. The predicted octanol–water partition coefficient (Wildman–Crippen LogP) is 6.61. The molecule has 43 heavy (non-hydrogen) atoms. The second-order valence-electron chi connectivity index (χ2n) is 10.9. The summed E-state index contributed by atoms with van der Waals surface area (Å²) in [4.78, 5) is 48.4. The normalized spacial score (nSPS) is 17.6. The monoisotopic (exact) mass is 570 g/mol.